The van der Waals surface area contributed by atoms with E-state index in [1.54, 1.807) is 60.7 Å². The van der Waals surface area contributed by atoms with Gasteiger partial charge in [0.25, 0.3) is 30.4 Å². The quantitative estimate of drug-likeness (QED) is 0.0103. The van der Waals surface area contributed by atoms with Gasteiger partial charge in [-0.2, -0.15) is 45.1 Å². The van der Waals surface area contributed by atoms with E-state index in [1.807, 2.05) is 0 Å². The van der Waals surface area contributed by atoms with E-state index in [1.165, 1.54) is 101 Å². The van der Waals surface area contributed by atoms with Gasteiger partial charge in [0, 0.05) is 36.2 Å². The highest BCUT2D eigenvalue weighted by Gasteiger charge is 2.22. The Morgan fingerprint density at radius 2 is 0.825 bits per heavy atom. The number of fused-ring (bicyclic) bond motifs is 6. The van der Waals surface area contributed by atoms with Crippen LogP contribution in [0.1, 0.15) is 22.3 Å². The second kappa shape index (κ2) is 23.3. The number of rotatable bonds is 20. The van der Waals surface area contributed by atoms with Gasteiger partial charge in [0.05, 0.1) is 58.9 Å². The highest BCUT2D eigenvalue weighted by atomic mass is 32.2. The van der Waals surface area contributed by atoms with Crippen LogP contribution in [0.3, 0.4) is 0 Å². The molecule has 8 aromatic carbocycles. The molecule has 0 aliphatic rings. The lowest BCUT2D eigenvalue weighted by Crippen LogP contribution is -2.05. The molecule has 408 valence electrons. The standard InChI is InChI=1S/C48H32N8O18S6/c57-69-72-75-41-21-31(17-13-27(41)9-12-30-16-20-34(24-45(30)79(63,64)65)56-51-39-25-43(77-74-71-59)35-5-1-3-7-37(35)47(39)53-56)49-50-32-18-14-29(44(22-32)78(60,61)62)11-10-28-15-19-33(23-42(28)76-73-70-58)55-52-40-26-46(80(66,67)68)36-6-2-4-8-38(36)48(40)54-55/h1-26,57-59H,(H,60,61,62)(H,63,64,65)(H,66,67,68)/b11-10+,12-9+,50-49?. The van der Waals surface area contributed by atoms with Crippen molar-refractivity contribution in [2.75, 3.05) is 0 Å². The summed E-state index contributed by atoms with van der Waals surface area (Å²) in [4.78, 5) is 2.02. The molecule has 26 nitrogen and oxygen atoms in total. The number of hydrogen-bond acceptors (Lipinski definition) is 24. The molecular weight excluding hydrogens is 1170 g/mol. The Labute approximate surface area is 462 Å². The van der Waals surface area contributed by atoms with Crippen molar-refractivity contribution < 1.29 is 82.8 Å². The summed E-state index contributed by atoms with van der Waals surface area (Å²) in [5.74, 6) is 0. The zero-order valence-corrected chi connectivity index (χ0v) is 44.5. The van der Waals surface area contributed by atoms with Crippen molar-refractivity contribution in [2.45, 2.75) is 29.4 Å². The second-order valence-corrected chi connectivity index (χ2v) is 22.8. The topological polar surface area (TPSA) is 365 Å². The number of hydrogen-bond donors (Lipinski definition) is 6. The molecule has 10 aromatic rings. The van der Waals surface area contributed by atoms with Crippen LogP contribution in [0.5, 0.6) is 0 Å². The van der Waals surface area contributed by atoms with Crippen molar-refractivity contribution >= 4 is 146 Å². The first kappa shape index (κ1) is 55.9. The van der Waals surface area contributed by atoms with Crippen molar-refractivity contribution in [3.8, 4) is 11.4 Å². The first-order chi connectivity index (χ1) is 38.4. The highest BCUT2D eigenvalue weighted by Crippen LogP contribution is 2.37. The van der Waals surface area contributed by atoms with E-state index in [2.05, 4.69) is 50.1 Å². The van der Waals surface area contributed by atoms with Gasteiger partial charge in [-0.1, -0.05) is 112 Å². The molecular formula is C48H32N8O18S6. The van der Waals surface area contributed by atoms with Gasteiger partial charge in [-0.3, -0.25) is 13.7 Å². The van der Waals surface area contributed by atoms with Crippen LogP contribution in [-0.2, 0) is 58.5 Å². The number of azo groups is 1. The third kappa shape index (κ3) is 12.2. The minimum absolute atomic E-state index is 0.00575. The van der Waals surface area contributed by atoms with Crippen molar-refractivity contribution in [3.63, 3.8) is 0 Å². The van der Waals surface area contributed by atoms with Crippen LogP contribution in [0, 0.1) is 0 Å². The van der Waals surface area contributed by atoms with E-state index in [0.29, 0.717) is 78.5 Å². The fourth-order valence-corrected chi connectivity index (χ4v) is 11.8. The molecule has 6 N–H and O–H groups in total. The van der Waals surface area contributed by atoms with E-state index in [-0.39, 0.29) is 53.8 Å². The summed E-state index contributed by atoms with van der Waals surface area (Å²) in [5.41, 5.74) is 2.74. The Kier molecular flexibility index (Phi) is 16.3. The molecule has 0 saturated heterocycles. The maximum Gasteiger partial charge on any atom is 0.295 e. The molecule has 0 radical (unpaired) electrons. The molecule has 0 aliphatic carbocycles. The monoisotopic (exact) mass is 1200 g/mol. The molecule has 0 bridgehead atoms. The van der Waals surface area contributed by atoms with Crippen LogP contribution >= 0.6 is 36.1 Å². The van der Waals surface area contributed by atoms with Crippen LogP contribution < -0.4 is 0 Å². The molecule has 0 fully saturated rings. The average molecular weight is 1200 g/mol. The summed E-state index contributed by atoms with van der Waals surface area (Å²) in [7, 11) is -14.4. The van der Waals surface area contributed by atoms with Gasteiger partial charge in [0.15, 0.2) is 0 Å². The third-order valence-corrected chi connectivity index (χ3v) is 16.3. The lowest BCUT2D eigenvalue weighted by atomic mass is 10.1. The molecule has 2 aromatic heterocycles. The Morgan fingerprint density at radius 3 is 1.38 bits per heavy atom. The minimum atomic E-state index is -4.90. The summed E-state index contributed by atoms with van der Waals surface area (Å²) in [6.07, 6.45) is 5.68. The Bertz CT molecular complexity index is 4520. The van der Waals surface area contributed by atoms with Crippen LogP contribution in [0.15, 0.2) is 173 Å². The van der Waals surface area contributed by atoms with Gasteiger partial charge in [-0.15, -0.1) is 33.4 Å². The molecule has 10 rings (SSSR count). The van der Waals surface area contributed by atoms with Crippen molar-refractivity contribution in [3.05, 3.63) is 156 Å². The van der Waals surface area contributed by atoms with Gasteiger partial charge < -0.3 is 0 Å². The van der Waals surface area contributed by atoms with Gasteiger partial charge in [-0.25, -0.2) is 15.8 Å². The zero-order valence-electron chi connectivity index (χ0n) is 39.6. The van der Waals surface area contributed by atoms with E-state index in [0.717, 1.165) is 18.1 Å². The normalized spacial score (nSPS) is 12.7. The maximum absolute atomic E-state index is 12.8. The number of nitrogens with zero attached hydrogens (tertiary/aromatic N) is 8. The van der Waals surface area contributed by atoms with Crippen LogP contribution in [0.4, 0.5) is 11.4 Å². The fraction of sp³-hybridized carbons (Fsp3) is 0. The molecule has 0 unspecified atom stereocenters. The molecule has 0 atom stereocenters. The molecule has 0 aliphatic heterocycles. The van der Waals surface area contributed by atoms with E-state index >= 15 is 0 Å². The predicted octanol–water partition coefficient (Wildman–Crippen LogP) is 11.2. The summed E-state index contributed by atoms with van der Waals surface area (Å²) in [6.45, 7) is 0. The van der Waals surface area contributed by atoms with Crippen LogP contribution in [-0.4, -0.2) is 84.7 Å². The summed E-state index contributed by atoms with van der Waals surface area (Å²) in [5, 5.41) is 66.4. The van der Waals surface area contributed by atoms with Crippen molar-refractivity contribution in [1.29, 1.82) is 0 Å². The first-order valence-electron chi connectivity index (χ1n) is 22.2. The average Bonchev–Trinajstić information content (AvgIpc) is 4.16. The second-order valence-electron chi connectivity index (χ2n) is 16.4. The maximum atomic E-state index is 12.8. The molecule has 0 spiro atoms. The zero-order chi connectivity index (χ0) is 56.3. The predicted molar refractivity (Wildman–Crippen MR) is 289 cm³/mol. The SMILES string of the molecule is O=S(=O)(O)c1cc(N=Nc2ccc(/C=C/c3ccc(-n4nc5cc(SOOO)c6ccccc6c5n4)cc3S(=O)(=O)O)c(SOOO)c2)ccc1/C=C/c1ccc(-n2nc3cc(S(=O)(=O)O)c4ccccc4c3n2)cc1SOOO. The van der Waals surface area contributed by atoms with Gasteiger partial charge in [0.2, 0.25) is 0 Å². The number of aromatic nitrogens is 6. The lowest BCUT2D eigenvalue weighted by molar-refractivity contribution is -0.432. The Morgan fingerprint density at radius 1 is 0.412 bits per heavy atom. The number of benzene rings is 8. The molecule has 32 heteroatoms. The minimum Gasteiger partial charge on any atom is -0.282 e. The van der Waals surface area contributed by atoms with E-state index in [4.69, 9.17) is 24.4 Å². The molecule has 0 saturated carbocycles. The molecule has 80 heavy (non-hydrogen) atoms. The Hall–Kier alpha value is -7.42. The van der Waals surface area contributed by atoms with Gasteiger partial charge >= 0.3 is 0 Å². The molecule has 0 amide bonds. The third-order valence-electron chi connectivity index (χ3n) is 11.6. The summed E-state index contributed by atoms with van der Waals surface area (Å²) in [6, 6.07) is 33.4. The van der Waals surface area contributed by atoms with E-state index < -0.39 is 40.1 Å². The van der Waals surface area contributed by atoms with E-state index in [9.17, 15) is 38.9 Å². The molecule has 2 heterocycles. The Balaban J connectivity index is 0.901. The van der Waals surface area contributed by atoms with Crippen molar-refractivity contribution in [1.82, 2.24) is 30.0 Å². The van der Waals surface area contributed by atoms with Crippen LogP contribution in [0.25, 0.3) is 79.3 Å². The first-order valence-corrected chi connectivity index (χ1v) is 28.7. The largest absolute Gasteiger partial charge is 0.295 e. The van der Waals surface area contributed by atoms with Crippen LogP contribution in [0.2, 0.25) is 0 Å². The lowest BCUT2D eigenvalue weighted by Gasteiger charge is -2.08. The van der Waals surface area contributed by atoms with Gasteiger partial charge in [-0.05, 0) is 82.9 Å². The fourth-order valence-electron chi connectivity index (χ4n) is 8.18. The van der Waals surface area contributed by atoms with Gasteiger partial charge in [0.1, 0.15) is 36.8 Å². The van der Waals surface area contributed by atoms with Crippen molar-refractivity contribution in [2.24, 2.45) is 10.2 Å². The highest BCUT2D eigenvalue weighted by molar-refractivity contribution is 7.95. The smallest absolute Gasteiger partial charge is 0.282 e. The summed E-state index contributed by atoms with van der Waals surface area (Å²) < 4.78 is 120. The summed E-state index contributed by atoms with van der Waals surface area (Å²) >= 11 is 1.82.